The maximum Gasteiger partial charge on any atom is 0.359 e. The van der Waals surface area contributed by atoms with Crippen LogP contribution in [0.1, 0.15) is 36.3 Å². The van der Waals surface area contributed by atoms with Gasteiger partial charge in [-0.1, -0.05) is 0 Å². The van der Waals surface area contributed by atoms with E-state index in [1.165, 1.54) is 12.8 Å². The molecule has 0 aromatic carbocycles. The Morgan fingerprint density at radius 2 is 2.50 bits per heavy atom. The Morgan fingerprint density at radius 3 is 3.07 bits per heavy atom. The van der Waals surface area contributed by atoms with Crippen LogP contribution in [0.4, 0.5) is 0 Å². The molecular weight excluding hydrogens is 295 g/mol. The number of esters is 1. The number of rotatable bonds is 3. The lowest BCUT2D eigenvalue weighted by Gasteiger charge is -2.01. The molecule has 0 saturated heterocycles. The topological polar surface area (TPSA) is 44.1 Å². The average Bonchev–Trinajstić information content (AvgIpc) is 2.91. The monoisotopic (exact) mass is 306 g/mol. The average molecular weight is 306 g/mol. The van der Waals surface area contributed by atoms with Crippen molar-refractivity contribution in [3.8, 4) is 0 Å². The van der Waals surface area contributed by atoms with Crippen molar-refractivity contribution >= 4 is 28.6 Å². The first kappa shape index (κ1) is 9.95. The van der Waals surface area contributed by atoms with Gasteiger partial charge in [0, 0.05) is 6.04 Å². The summed E-state index contributed by atoms with van der Waals surface area (Å²) in [5, 5.41) is 0. The van der Waals surface area contributed by atoms with Crippen LogP contribution < -0.4 is 0 Å². The number of ether oxygens (including phenoxy) is 1. The molecule has 5 heteroatoms. The number of carbonyl (C=O) groups excluding carboxylic acids is 1. The predicted octanol–water partition coefficient (Wildman–Crippen LogP) is 2.00. The lowest BCUT2D eigenvalue weighted by Crippen LogP contribution is -2.07. The van der Waals surface area contributed by atoms with Gasteiger partial charge in [0.2, 0.25) is 0 Å². The quantitative estimate of drug-likeness (QED) is 0.634. The molecule has 1 aromatic rings. The lowest BCUT2D eigenvalue weighted by atomic mass is 10.5. The van der Waals surface area contributed by atoms with E-state index in [9.17, 15) is 4.79 Å². The second kappa shape index (κ2) is 3.88. The Bertz CT molecular complexity index is 358. The summed E-state index contributed by atoms with van der Waals surface area (Å²) in [6.07, 6.45) is 4.11. The zero-order chi connectivity index (χ0) is 10.1. The molecule has 1 aliphatic rings. The molecule has 0 bridgehead atoms. The molecule has 0 unspecified atom stereocenters. The second-order valence-electron chi connectivity index (χ2n) is 3.24. The highest BCUT2D eigenvalue weighted by Gasteiger charge is 2.28. The van der Waals surface area contributed by atoms with Crippen LogP contribution in [0, 0.1) is 3.70 Å². The minimum atomic E-state index is -0.323. The number of halogens is 1. The largest absolute Gasteiger partial charge is 0.461 e. The number of aromatic nitrogens is 2. The van der Waals surface area contributed by atoms with Gasteiger partial charge in [0.05, 0.1) is 12.9 Å². The van der Waals surface area contributed by atoms with Crippen LogP contribution in [0.2, 0.25) is 0 Å². The summed E-state index contributed by atoms with van der Waals surface area (Å²) in [4.78, 5) is 15.5. The van der Waals surface area contributed by atoms with Crippen LogP contribution in [0.3, 0.4) is 0 Å². The van der Waals surface area contributed by atoms with Crippen LogP contribution in [0.5, 0.6) is 0 Å². The van der Waals surface area contributed by atoms with Crippen molar-refractivity contribution in [1.82, 2.24) is 9.55 Å². The Labute approximate surface area is 95.8 Å². The van der Waals surface area contributed by atoms with Gasteiger partial charge in [0.15, 0.2) is 5.69 Å². The molecule has 0 radical (unpaired) electrons. The fourth-order valence-electron chi connectivity index (χ4n) is 1.29. The molecule has 14 heavy (non-hydrogen) atoms. The van der Waals surface area contributed by atoms with E-state index in [1.54, 1.807) is 13.3 Å². The fraction of sp³-hybridized carbons (Fsp3) is 0.556. The molecule has 1 aliphatic carbocycles. The molecular formula is C9H11IN2O2. The molecule has 0 aliphatic heterocycles. The third-order valence-electron chi connectivity index (χ3n) is 2.14. The van der Waals surface area contributed by atoms with Gasteiger partial charge in [-0.3, -0.25) is 0 Å². The van der Waals surface area contributed by atoms with Crippen molar-refractivity contribution in [2.75, 3.05) is 6.61 Å². The summed E-state index contributed by atoms with van der Waals surface area (Å²) in [5.41, 5.74) is 0.444. The molecule has 0 N–H and O–H groups in total. The number of carbonyl (C=O) groups is 1. The van der Waals surface area contributed by atoms with Gasteiger partial charge in [0.25, 0.3) is 0 Å². The first-order valence-electron chi connectivity index (χ1n) is 4.63. The van der Waals surface area contributed by atoms with Crippen LogP contribution in [-0.4, -0.2) is 22.1 Å². The van der Waals surface area contributed by atoms with Gasteiger partial charge in [0.1, 0.15) is 3.70 Å². The fourth-order valence-corrected chi connectivity index (χ4v) is 2.17. The molecule has 1 fully saturated rings. The number of hydrogen-bond acceptors (Lipinski definition) is 3. The first-order chi connectivity index (χ1) is 6.74. The molecule has 4 nitrogen and oxygen atoms in total. The molecule has 0 atom stereocenters. The van der Waals surface area contributed by atoms with Gasteiger partial charge < -0.3 is 9.30 Å². The highest BCUT2D eigenvalue weighted by molar-refractivity contribution is 14.1. The van der Waals surface area contributed by atoms with Crippen molar-refractivity contribution in [3.63, 3.8) is 0 Å². The molecule has 0 spiro atoms. The normalized spacial score (nSPS) is 15.6. The third-order valence-corrected chi connectivity index (χ3v) is 3.21. The van der Waals surface area contributed by atoms with E-state index >= 15 is 0 Å². The summed E-state index contributed by atoms with van der Waals surface area (Å²) in [6.45, 7) is 2.19. The third kappa shape index (κ3) is 1.77. The predicted molar refractivity (Wildman–Crippen MR) is 59.2 cm³/mol. The highest BCUT2D eigenvalue weighted by atomic mass is 127. The molecule has 1 heterocycles. The van der Waals surface area contributed by atoms with E-state index in [4.69, 9.17) is 4.74 Å². The van der Waals surface area contributed by atoms with Gasteiger partial charge in [-0.15, -0.1) is 0 Å². The van der Waals surface area contributed by atoms with Crippen LogP contribution in [0.25, 0.3) is 0 Å². The van der Waals surface area contributed by atoms with Crippen LogP contribution >= 0.6 is 22.6 Å². The minimum absolute atomic E-state index is 0.323. The Morgan fingerprint density at radius 1 is 1.79 bits per heavy atom. The van der Waals surface area contributed by atoms with E-state index in [1.807, 2.05) is 4.57 Å². The Balaban J connectivity index is 2.21. The van der Waals surface area contributed by atoms with Crippen molar-refractivity contribution in [2.45, 2.75) is 25.8 Å². The SMILES string of the molecule is CCOC(=O)c1ncn(C2CC2)c1I. The van der Waals surface area contributed by atoms with E-state index in [0.717, 1.165) is 3.70 Å². The van der Waals surface area contributed by atoms with Crippen molar-refractivity contribution in [2.24, 2.45) is 0 Å². The molecule has 1 aromatic heterocycles. The highest BCUT2D eigenvalue weighted by Crippen LogP contribution is 2.36. The maximum absolute atomic E-state index is 11.4. The lowest BCUT2D eigenvalue weighted by molar-refractivity contribution is 0.0518. The van der Waals surface area contributed by atoms with Crippen molar-refractivity contribution < 1.29 is 9.53 Å². The molecule has 1 saturated carbocycles. The molecule has 0 amide bonds. The first-order valence-corrected chi connectivity index (χ1v) is 5.71. The number of nitrogens with zero attached hydrogens (tertiary/aromatic N) is 2. The van der Waals surface area contributed by atoms with E-state index < -0.39 is 0 Å². The molecule has 2 rings (SSSR count). The van der Waals surface area contributed by atoms with Gasteiger partial charge >= 0.3 is 5.97 Å². The summed E-state index contributed by atoms with van der Waals surface area (Å²) in [6, 6.07) is 0.553. The smallest absolute Gasteiger partial charge is 0.359 e. The number of hydrogen-bond donors (Lipinski definition) is 0. The minimum Gasteiger partial charge on any atom is -0.461 e. The van der Waals surface area contributed by atoms with Crippen LogP contribution in [0.15, 0.2) is 6.33 Å². The zero-order valence-electron chi connectivity index (χ0n) is 7.86. The molecule has 76 valence electrons. The Hall–Kier alpha value is -0.590. The summed E-state index contributed by atoms with van der Waals surface area (Å²) >= 11 is 2.15. The van der Waals surface area contributed by atoms with E-state index in [0.29, 0.717) is 18.3 Å². The Kier molecular flexibility index (Phi) is 2.76. The summed E-state index contributed by atoms with van der Waals surface area (Å²) < 4.78 is 7.84. The summed E-state index contributed by atoms with van der Waals surface area (Å²) in [5.74, 6) is -0.323. The standard InChI is InChI=1S/C9H11IN2O2/c1-2-14-9(13)7-8(10)12(5-11-7)6-3-4-6/h5-6H,2-4H2,1H3. The summed E-state index contributed by atoms with van der Waals surface area (Å²) in [7, 11) is 0. The zero-order valence-corrected chi connectivity index (χ0v) is 10.0. The van der Waals surface area contributed by atoms with Gasteiger partial charge in [-0.05, 0) is 42.4 Å². The maximum atomic E-state index is 11.4. The van der Waals surface area contributed by atoms with E-state index in [2.05, 4.69) is 27.6 Å². The van der Waals surface area contributed by atoms with E-state index in [-0.39, 0.29) is 5.97 Å². The van der Waals surface area contributed by atoms with Crippen molar-refractivity contribution in [3.05, 3.63) is 15.7 Å². The second-order valence-corrected chi connectivity index (χ2v) is 4.26. The van der Waals surface area contributed by atoms with Crippen molar-refractivity contribution in [1.29, 1.82) is 0 Å². The van der Waals surface area contributed by atoms with Gasteiger partial charge in [-0.25, -0.2) is 9.78 Å². The number of imidazole rings is 1. The van der Waals surface area contributed by atoms with Gasteiger partial charge in [-0.2, -0.15) is 0 Å². The van der Waals surface area contributed by atoms with Crippen LogP contribution in [-0.2, 0) is 4.74 Å².